The van der Waals surface area contributed by atoms with Crippen molar-refractivity contribution < 1.29 is 0 Å². The van der Waals surface area contributed by atoms with E-state index in [0.717, 1.165) is 28.6 Å². The van der Waals surface area contributed by atoms with Gasteiger partial charge in [-0.25, -0.2) is 4.98 Å². The Kier molecular flexibility index (Phi) is 3.65. The molecular weight excluding hydrogens is 258 g/mol. The predicted molar refractivity (Wildman–Crippen MR) is 86.2 cm³/mol. The van der Waals surface area contributed by atoms with Gasteiger partial charge in [0.2, 0.25) is 0 Å². The highest BCUT2D eigenvalue weighted by atomic mass is 15.2. The number of benzene rings is 2. The first kappa shape index (κ1) is 13.3. The first-order chi connectivity index (χ1) is 10.3. The fourth-order valence-corrected chi connectivity index (χ4v) is 2.28. The summed E-state index contributed by atoms with van der Waals surface area (Å²) in [4.78, 5) is 11.3. The predicted octanol–water partition coefficient (Wildman–Crippen LogP) is 4.56. The molecule has 0 saturated heterocycles. The zero-order valence-electron chi connectivity index (χ0n) is 12.2. The van der Waals surface area contributed by atoms with Crippen LogP contribution in [0.15, 0.2) is 66.9 Å². The number of aryl methyl sites for hydroxylation is 2. The second-order valence-electron chi connectivity index (χ2n) is 4.93. The number of anilines is 3. The lowest BCUT2D eigenvalue weighted by atomic mass is 10.2. The fraction of sp³-hybridized carbons (Fsp3) is 0.111. The molecule has 0 aliphatic heterocycles. The molecule has 0 saturated carbocycles. The van der Waals surface area contributed by atoms with E-state index in [2.05, 4.69) is 39.1 Å². The lowest BCUT2D eigenvalue weighted by molar-refractivity contribution is 1.03. The van der Waals surface area contributed by atoms with Crippen molar-refractivity contribution in [3.63, 3.8) is 0 Å². The van der Waals surface area contributed by atoms with Crippen LogP contribution in [0.5, 0.6) is 0 Å². The van der Waals surface area contributed by atoms with Crippen LogP contribution in [0.2, 0.25) is 0 Å². The van der Waals surface area contributed by atoms with Gasteiger partial charge >= 0.3 is 0 Å². The minimum absolute atomic E-state index is 0.868. The molecule has 0 spiro atoms. The minimum atomic E-state index is 0.868. The Labute approximate surface area is 124 Å². The SMILES string of the molecule is Cc1cnc(C)c(N(c2ccccc2)c2ccccc2)n1. The highest BCUT2D eigenvalue weighted by Crippen LogP contribution is 2.33. The van der Waals surface area contributed by atoms with Crippen LogP contribution in [0.3, 0.4) is 0 Å². The summed E-state index contributed by atoms with van der Waals surface area (Å²) in [6.45, 7) is 3.95. The molecule has 0 aliphatic carbocycles. The van der Waals surface area contributed by atoms with Crippen LogP contribution >= 0.6 is 0 Å². The van der Waals surface area contributed by atoms with Crippen molar-refractivity contribution in [2.75, 3.05) is 4.90 Å². The van der Waals surface area contributed by atoms with E-state index >= 15 is 0 Å². The van der Waals surface area contributed by atoms with E-state index in [4.69, 9.17) is 0 Å². The molecule has 0 aliphatic rings. The Morgan fingerprint density at radius 3 is 1.81 bits per heavy atom. The van der Waals surface area contributed by atoms with E-state index in [1.807, 2.05) is 50.2 Å². The van der Waals surface area contributed by atoms with Crippen LogP contribution in [0.25, 0.3) is 0 Å². The van der Waals surface area contributed by atoms with Crippen molar-refractivity contribution in [1.29, 1.82) is 0 Å². The van der Waals surface area contributed by atoms with Gasteiger partial charge in [0.05, 0.1) is 11.4 Å². The lowest BCUT2D eigenvalue weighted by Gasteiger charge is -2.25. The first-order valence-electron chi connectivity index (χ1n) is 6.96. The maximum Gasteiger partial charge on any atom is 0.159 e. The van der Waals surface area contributed by atoms with Crippen LogP contribution < -0.4 is 4.90 Å². The molecule has 0 bridgehead atoms. The topological polar surface area (TPSA) is 29.0 Å². The summed E-state index contributed by atoms with van der Waals surface area (Å²) >= 11 is 0. The third kappa shape index (κ3) is 2.77. The van der Waals surface area contributed by atoms with E-state index in [-0.39, 0.29) is 0 Å². The second kappa shape index (κ2) is 5.75. The van der Waals surface area contributed by atoms with Crippen molar-refractivity contribution in [2.45, 2.75) is 13.8 Å². The highest BCUT2D eigenvalue weighted by Gasteiger charge is 2.16. The van der Waals surface area contributed by atoms with E-state index in [1.165, 1.54) is 0 Å². The molecule has 0 fully saturated rings. The van der Waals surface area contributed by atoms with Crippen LogP contribution in [0.4, 0.5) is 17.2 Å². The lowest BCUT2D eigenvalue weighted by Crippen LogP contribution is -2.14. The van der Waals surface area contributed by atoms with E-state index in [1.54, 1.807) is 6.20 Å². The first-order valence-corrected chi connectivity index (χ1v) is 6.96. The van der Waals surface area contributed by atoms with Crippen molar-refractivity contribution in [3.05, 3.63) is 78.2 Å². The number of nitrogens with zero attached hydrogens (tertiary/aromatic N) is 3. The average Bonchev–Trinajstić information content (AvgIpc) is 2.53. The number of rotatable bonds is 3. The largest absolute Gasteiger partial charge is 0.294 e. The Balaban J connectivity index is 2.20. The monoisotopic (exact) mass is 275 g/mol. The molecule has 3 aromatic rings. The molecule has 1 heterocycles. The number of hydrogen-bond acceptors (Lipinski definition) is 3. The molecule has 3 rings (SSSR count). The molecule has 2 aromatic carbocycles. The number of aromatic nitrogens is 2. The molecule has 0 atom stereocenters. The maximum absolute atomic E-state index is 4.69. The van der Waals surface area contributed by atoms with Gasteiger partial charge in [0.1, 0.15) is 0 Å². The van der Waals surface area contributed by atoms with Crippen molar-refractivity contribution in [1.82, 2.24) is 9.97 Å². The Morgan fingerprint density at radius 2 is 1.29 bits per heavy atom. The van der Waals surface area contributed by atoms with Crippen LogP contribution in [0, 0.1) is 13.8 Å². The van der Waals surface area contributed by atoms with Gasteiger partial charge < -0.3 is 0 Å². The third-order valence-corrected chi connectivity index (χ3v) is 3.29. The van der Waals surface area contributed by atoms with Crippen LogP contribution in [-0.2, 0) is 0 Å². The smallest absolute Gasteiger partial charge is 0.159 e. The molecule has 0 N–H and O–H groups in total. The summed E-state index contributed by atoms with van der Waals surface area (Å²) in [7, 11) is 0. The molecule has 0 unspecified atom stereocenters. The van der Waals surface area contributed by atoms with Gasteiger partial charge in [-0.15, -0.1) is 0 Å². The molecule has 3 heteroatoms. The molecule has 0 radical (unpaired) electrons. The number of hydrogen-bond donors (Lipinski definition) is 0. The van der Waals surface area contributed by atoms with E-state index in [0.29, 0.717) is 0 Å². The average molecular weight is 275 g/mol. The van der Waals surface area contributed by atoms with Gasteiger partial charge in [-0.05, 0) is 38.1 Å². The van der Waals surface area contributed by atoms with Crippen LogP contribution in [0.1, 0.15) is 11.4 Å². The van der Waals surface area contributed by atoms with Gasteiger partial charge in [-0.1, -0.05) is 36.4 Å². The third-order valence-electron chi connectivity index (χ3n) is 3.29. The zero-order valence-corrected chi connectivity index (χ0v) is 12.2. The summed E-state index contributed by atoms with van der Waals surface area (Å²) in [6.07, 6.45) is 1.80. The summed E-state index contributed by atoms with van der Waals surface area (Å²) in [5, 5.41) is 0. The highest BCUT2D eigenvalue weighted by molar-refractivity contribution is 5.75. The quantitative estimate of drug-likeness (QED) is 0.701. The van der Waals surface area contributed by atoms with Gasteiger partial charge in [-0.2, -0.15) is 0 Å². The molecule has 0 amide bonds. The van der Waals surface area contributed by atoms with Gasteiger partial charge in [0.25, 0.3) is 0 Å². The Bertz CT molecular complexity index is 684. The molecule has 1 aromatic heterocycles. The Morgan fingerprint density at radius 1 is 0.762 bits per heavy atom. The summed E-state index contributed by atoms with van der Waals surface area (Å²) in [6, 6.07) is 20.5. The molecule has 104 valence electrons. The van der Waals surface area contributed by atoms with E-state index in [9.17, 15) is 0 Å². The summed E-state index contributed by atoms with van der Waals surface area (Å²) in [5.74, 6) is 0.868. The van der Waals surface area contributed by atoms with Crippen molar-refractivity contribution >= 4 is 17.2 Å². The molecule has 3 nitrogen and oxygen atoms in total. The van der Waals surface area contributed by atoms with Crippen molar-refractivity contribution in [2.24, 2.45) is 0 Å². The minimum Gasteiger partial charge on any atom is -0.294 e. The fourth-order valence-electron chi connectivity index (χ4n) is 2.28. The maximum atomic E-state index is 4.69. The van der Waals surface area contributed by atoms with Gasteiger partial charge in [0, 0.05) is 17.6 Å². The van der Waals surface area contributed by atoms with Crippen molar-refractivity contribution in [3.8, 4) is 0 Å². The second-order valence-corrected chi connectivity index (χ2v) is 4.93. The molecular formula is C18H17N3. The summed E-state index contributed by atoms with van der Waals surface area (Å²) in [5.41, 5.74) is 3.97. The van der Waals surface area contributed by atoms with Gasteiger partial charge in [0.15, 0.2) is 5.82 Å². The standard InChI is InChI=1S/C18H17N3/c1-14-13-19-15(2)18(20-14)21(16-9-5-3-6-10-16)17-11-7-4-8-12-17/h3-13H,1-2H3. The Hall–Kier alpha value is -2.68. The normalized spacial score (nSPS) is 10.4. The zero-order chi connectivity index (χ0) is 14.7. The van der Waals surface area contributed by atoms with Gasteiger partial charge in [-0.3, -0.25) is 9.88 Å². The number of para-hydroxylation sites is 2. The van der Waals surface area contributed by atoms with Crippen LogP contribution in [-0.4, -0.2) is 9.97 Å². The summed E-state index contributed by atoms with van der Waals surface area (Å²) < 4.78 is 0. The molecule has 21 heavy (non-hydrogen) atoms. The van der Waals surface area contributed by atoms with E-state index < -0.39 is 0 Å².